The Morgan fingerprint density at radius 3 is 2.56 bits per heavy atom. The number of benzene rings is 1. The highest BCUT2D eigenvalue weighted by molar-refractivity contribution is 7.12. The van der Waals surface area contributed by atoms with Gasteiger partial charge in [0.25, 0.3) is 0 Å². The molecule has 0 saturated heterocycles. The number of carbonyl (C=O) groups excluding carboxylic acids is 1. The van der Waals surface area contributed by atoms with Crippen LogP contribution in [0.1, 0.15) is 27.0 Å². The molecule has 2 nitrogen and oxygen atoms in total. The van der Waals surface area contributed by atoms with Crippen LogP contribution < -0.4 is 4.74 Å². The number of aryl methyl sites for hydroxylation is 1. The molecule has 94 valence electrons. The van der Waals surface area contributed by atoms with E-state index in [0.717, 1.165) is 11.3 Å². The number of thiophene rings is 1. The fraction of sp³-hybridized carbons (Fsp3) is 0.267. The van der Waals surface area contributed by atoms with Crippen molar-refractivity contribution in [3.63, 3.8) is 0 Å². The summed E-state index contributed by atoms with van der Waals surface area (Å²) in [6, 6.07) is 11.5. The maximum absolute atomic E-state index is 12.2. The molecule has 2 rings (SSSR count). The first-order chi connectivity index (χ1) is 8.74. The van der Waals surface area contributed by atoms with Gasteiger partial charge in [0, 0.05) is 16.2 Å². The Balaban J connectivity index is 2.16. The molecule has 18 heavy (non-hydrogen) atoms. The number of para-hydroxylation sites is 1. The van der Waals surface area contributed by atoms with Crippen molar-refractivity contribution in [1.29, 1.82) is 0 Å². The summed E-state index contributed by atoms with van der Waals surface area (Å²) in [5.74, 6) is 0.756. The first-order valence-corrected chi connectivity index (χ1v) is 6.80. The lowest BCUT2D eigenvalue weighted by molar-refractivity contribution is 0.0991. The average Bonchev–Trinajstić information content (AvgIpc) is 2.86. The molecule has 1 aromatic carbocycles. The molecule has 1 heterocycles. The lowest BCUT2D eigenvalue weighted by atomic mass is 10.1. The van der Waals surface area contributed by atoms with Crippen LogP contribution in [-0.2, 0) is 12.8 Å². The molecule has 0 unspecified atom stereocenters. The number of methoxy groups -OCH3 is 1. The molecule has 1 aromatic heterocycles. The summed E-state index contributed by atoms with van der Waals surface area (Å²) in [6.45, 7) is 2.12. The van der Waals surface area contributed by atoms with Gasteiger partial charge in [0.15, 0.2) is 5.78 Å². The Morgan fingerprint density at radius 2 is 1.89 bits per heavy atom. The van der Waals surface area contributed by atoms with Crippen LogP contribution >= 0.6 is 11.3 Å². The summed E-state index contributed by atoms with van der Waals surface area (Å²) in [5, 5.41) is 0. The Kier molecular flexibility index (Phi) is 4.15. The van der Waals surface area contributed by atoms with Crippen molar-refractivity contribution in [2.75, 3.05) is 7.11 Å². The number of ketones is 1. The van der Waals surface area contributed by atoms with E-state index in [0.29, 0.717) is 17.7 Å². The zero-order valence-electron chi connectivity index (χ0n) is 10.6. The third-order valence-electron chi connectivity index (χ3n) is 2.81. The van der Waals surface area contributed by atoms with Gasteiger partial charge < -0.3 is 4.74 Å². The van der Waals surface area contributed by atoms with E-state index < -0.39 is 0 Å². The summed E-state index contributed by atoms with van der Waals surface area (Å²) in [7, 11) is 1.59. The van der Waals surface area contributed by atoms with Crippen LogP contribution in [0, 0.1) is 0 Å². The Bertz CT molecular complexity index is 543. The van der Waals surface area contributed by atoms with Crippen molar-refractivity contribution in [2.45, 2.75) is 19.8 Å². The topological polar surface area (TPSA) is 26.3 Å². The molecule has 0 amide bonds. The van der Waals surface area contributed by atoms with Crippen LogP contribution in [0.2, 0.25) is 0 Å². The van der Waals surface area contributed by atoms with Gasteiger partial charge in [-0.2, -0.15) is 0 Å². The van der Waals surface area contributed by atoms with E-state index in [4.69, 9.17) is 4.74 Å². The second kappa shape index (κ2) is 5.83. The molecule has 0 saturated carbocycles. The third kappa shape index (κ3) is 2.79. The van der Waals surface area contributed by atoms with Crippen molar-refractivity contribution in [2.24, 2.45) is 0 Å². The van der Waals surface area contributed by atoms with Gasteiger partial charge in [-0.1, -0.05) is 19.1 Å². The van der Waals surface area contributed by atoms with E-state index in [1.165, 1.54) is 4.88 Å². The fourth-order valence-corrected chi connectivity index (χ4v) is 2.79. The van der Waals surface area contributed by atoms with E-state index in [1.54, 1.807) is 18.4 Å². The molecule has 0 bridgehead atoms. The van der Waals surface area contributed by atoms with E-state index in [2.05, 4.69) is 13.0 Å². The Morgan fingerprint density at radius 1 is 1.17 bits per heavy atom. The molecule has 0 fully saturated rings. The van der Waals surface area contributed by atoms with Crippen molar-refractivity contribution >= 4 is 17.1 Å². The summed E-state index contributed by atoms with van der Waals surface area (Å²) in [6.07, 6.45) is 1.47. The first-order valence-electron chi connectivity index (χ1n) is 5.98. The van der Waals surface area contributed by atoms with Crippen molar-refractivity contribution in [1.82, 2.24) is 0 Å². The average molecular weight is 260 g/mol. The summed E-state index contributed by atoms with van der Waals surface area (Å²) in [4.78, 5) is 14.6. The largest absolute Gasteiger partial charge is 0.496 e. The second-order valence-corrected chi connectivity index (χ2v) is 5.27. The number of hydrogen-bond donors (Lipinski definition) is 0. The Labute approximate surface area is 111 Å². The van der Waals surface area contributed by atoms with Gasteiger partial charge in [-0.15, -0.1) is 11.3 Å². The third-order valence-corrected chi connectivity index (χ3v) is 4.04. The van der Waals surface area contributed by atoms with Gasteiger partial charge in [0.2, 0.25) is 0 Å². The summed E-state index contributed by atoms with van der Waals surface area (Å²) in [5.41, 5.74) is 0.659. The second-order valence-electron chi connectivity index (χ2n) is 4.02. The molecule has 0 spiro atoms. The minimum atomic E-state index is 0.108. The zero-order valence-corrected chi connectivity index (χ0v) is 11.4. The van der Waals surface area contributed by atoms with Gasteiger partial charge in [-0.25, -0.2) is 0 Å². The van der Waals surface area contributed by atoms with Crippen LogP contribution in [0.4, 0.5) is 0 Å². The molecular weight excluding hydrogens is 244 g/mol. The van der Waals surface area contributed by atoms with Crippen molar-refractivity contribution in [3.8, 4) is 5.75 Å². The molecule has 0 aliphatic heterocycles. The van der Waals surface area contributed by atoms with E-state index in [-0.39, 0.29) is 5.78 Å². The van der Waals surface area contributed by atoms with E-state index in [1.807, 2.05) is 30.3 Å². The molecular formula is C15H16O2S. The van der Waals surface area contributed by atoms with Crippen LogP contribution in [0.3, 0.4) is 0 Å². The maximum atomic E-state index is 12.2. The van der Waals surface area contributed by atoms with Gasteiger partial charge in [0.1, 0.15) is 5.75 Å². The van der Waals surface area contributed by atoms with E-state index in [9.17, 15) is 4.79 Å². The molecule has 3 heteroatoms. The normalized spacial score (nSPS) is 10.3. The van der Waals surface area contributed by atoms with Crippen LogP contribution in [0.15, 0.2) is 36.4 Å². The van der Waals surface area contributed by atoms with Crippen LogP contribution in [0.5, 0.6) is 5.75 Å². The van der Waals surface area contributed by atoms with Gasteiger partial charge in [-0.3, -0.25) is 4.79 Å². The highest BCUT2D eigenvalue weighted by Crippen LogP contribution is 2.22. The molecule has 2 aromatic rings. The zero-order chi connectivity index (χ0) is 13.0. The number of Topliss-reactive ketones (excluding diaryl/α,β-unsaturated/α-hetero) is 1. The minimum absolute atomic E-state index is 0.108. The molecule has 0 N–H and O–H groups in total. The fourth-order valence-electron chi connectivity index (χ4n) is 1.84. The standard InChI is InChI=1S/C15H16O2S/c1-3-11-8-9-12(18-11)10-14(16)13-6-4-5-7-15(13)17-2/h4-9H,3,10H2,1-2H3. The highest BCUT2D eigenvalue weighted by atomic mass is 32.1. The molecule has 0 atom stereocenters. The molecule has 0 aliphatic carbocycles. The van der Waals surface area contributed by atoms with Gasteiger partial charge >= 0.3 is 0 Å². The SMILES string of the molecule is CCc1ccc(CC(=O)c2ccccc2OC)s1. The van der Waals surface area contributed by atoms with Crippen LogP contribution in [0.25, 0.3) is 0 Å². The number of rotatable bonds is 5. The van der Waals surface area contributed by atoms with Crippen molar-refractivity contribution < 1.29 is 9.53 Å². The monoisotopic (exact) mass is 260 g/mol. The number of hydrogen-bond acceptors (Lipinski definition) is 3. The predicted molar refractivity (Wildman–Crippen MR) is 74.7 cm³/mol. The van der Waals surface area contributed by atoms with E-state index >= 15 is 0 Å². The smallest absolute Gasteiger partial charge is 0.171 e. The summed E-state index contributed by atoms with van der Waals surface area (Å²) < 4.78 is 5.21. The van der Waals surface area contributed by atoms with Crippen LogP contribution in [-0.4, -0.2) is 12.9 Å². The van der Waals surface area contributed by atoms with Gasteiger partial charge in [0.05, 0.1) is 12.7 Å². The van der Waals surface area contributed by atoms with Gasteiger partial charge in [-0.05, 0) is 30.7 Å². The summed E-state index contributed by atoms with van der Waals surface area (Å²) >= 11 is 1.71. The van der Waals surface area contributed by atoms with Crippen molar-refractivity contribution in [3.05, 3.63) is 51.7 Å². The minimum Gasteiger partial charge on any atom is -0.496 e. The molecule has 0 radical (unpaired) electrons. The predicted octanol–water partition coefficient (Wildman–Crippen LogP) is 3.74. The Hall–Kier alpha value is -1.61. The number of ether oxygens (including phenoxy) is 1. The lowest BCUT2D eigenvalue weighted by Gasteiger charge is -2.06. The molecule has 0 aliphatic rings. The quantitative estimate of drug-likeness (QED) is 0.765. The lowest BCUT2D eigenvalue weighted by Crippen LogP contribution is -2.04. The number of carbonyl (C=O) groups is 1. The highest BCUT2D eigenvalue weighted by Gasteiger charge is 2.13. The first kappa shape index (κ1) is 12.8. The maximum Gasteiger partial charge on any atom is 0.171 e.